The van der Waals surface area contributed by atoms with Crippen molar-refractivity contribution in [2.45, 2.75) is 44.8 Å². The minimum absolute atomic E-state index is 0.0563. The van der Waals surface area contributed by atoms with Gasteiger partial charge in [-0.25, -0.2) is 0 Å². The Kier molecular flexibility index (Phi) is 4.15. The number of para-hydroxylation sites is 1. The monoisotopic (exact) mass is 288 g/mol. The first-order valence-corrected chi connectivity index (χ1v) is 7.90. The number of methoxy groups -OCH3 is 1. The molecule has 0 aromatic heterocycles. The molecule has 3 rings (SSSR count). The molecule has 3 unspecified atom stereocenters. The molecule has 4 nitrogen and oxygen atoms in total. The number of amides is 1. The van der Waals surface area contributed by atoms with E-state index in [1.54, 1.807) is 7.11 Å². The van der Waals surface area contributed by atoms with E-state index in [4.69, 9.17) is 4.74 Å². The van der Waals surface area contributed by atoms with Gasteiger partial charge in [-0.3, -0.25) is 10.1 Å². The van der Waals surface area contributed by atoms with Gasteiger partial charge >= 0.3 is 0 Å². The first-order chi connectivity index (χ1) is 10.2. The fourth-order valence-corrected chi connectivity index (χ4v) is 3.76. The molecule has 3 atom stereocenters. The highest BCUT2D eigenvalue weighted by molar-refractivity contribution is 5.81. The minimum atomic E-state index is -0.0563. The minimum Gasteiger partial charge on any atom is -0.496 e. The van der Waals surface area contributed by atoms with Crippen LogP contribution in [0.3, 0.4) is 0 Å². The molecule has 21 heavy (non-hydrogen) atoms. The Labute approximate surface area is 126 Å². The molecule has 1 aromatic rings. The number of ether oxygens (including phenoxy) is 1. The molecular weight excluding hydrogens is 264 g/mol. The number of rotatable bonds is 3. The molecule has 0 spiro atoms. The van der Waals surface area contributed by atoms with Crippen LogP contribution in [0.5, 0.6) is 5.75 Å². The molecule has 1 heterocycles. The van der Waals surface area contributed by atoms with Crippen LogP contribution in [0.1, 0.15) is 44.3 Å². The smallest absolute Gasteiger partial charge is 0.238 e. The van der Waals surface area contributed by atoms with Gasteiger partial charge in [0.25, 0.3) is 0 Å². The lowest BCUT2D eigenvalue weighted by molar-refractivity contribution is -0.132. The molecule has 4 heteroatoms. The molecule has 1 N–H and O–H groups in total. The van der Waals surface area contributed by atoms with Crippen LogP contribution >= 0.6 is 0 Å². The summed E-state index contributed by atoms with van der Waals surface area (Å²) in [4.78, 5) is 14.5. The van der Waals surface area contributed by atoms with E-state index >= 15 is 0 Å². The van der Waals surface area contributed by atoms with Crippen molar-refractivity contribution in [1.29, 1.82) is 0 Å². The fourth-order valence-electron chi connectivity index (χ4n) is 3.76. The van der Waals surface area contributed by atoms with Gasteiger partial charge in [-0.05, 0) is 24.8 Å². The average molecular weight is 288 g/mol. The highest BCUT2D eigenvalue weighted by atomic mass is 16.5. The Hall–Kier alpha value is -1.55. The summed E-state index contributed by atoms with van der Waals surface area (Å²) in [5.74, 6) is 1.63. The maximum Gasteiger partial charge on any atom is 0.238 e. The molecular formula is C17H24N2O2. The van der Waals surface area contributed by atoms with E-state index < -0.39 is 0 Å². The zero-order chi connectivity index (χ0) is 14.8. The van der Waals surface area contributed by atoms with E-state index in [2.05, 4.69) is 23.2 Å². The number of carbonyl (C=O) groups is 1. The summed E-state index contributed by atoms with van der Waals surface area (Å²) in [5, 5.41) is 3.36. The summed E-state index contributed by atoms with van der Waals surface area (Å²) >= 11 is 0. The van der Waals surface area contributed by atoms with Crippen LogP contribution in [-0.2, 0) is 4.79 Å². The van der Waals surface area contributed by atoms with Crippen LogP contribution in [0, 0.1) is 5.92 Å². The summed E-state index contributed by atoms with van der Waals surface area (Å²) in [7, 11) is 1.68. The van der Waals surface area contributed by atoms with Gasteiger partial charge in [0, 0.05) is 11.6 Å². The van der Waals surface area contributed by atoms with Crippen LogP contribution in [0.25, 0.3) is 0 Å². The Morgan fingerprint density at radius 3 is 2.76 bits per heavy atom. The molecule has 1 saturated carbocycles. The first-order valence-electron chi connectivity index (χ1n) is 7.90. The third kappa shape index (κ3) is 2.64. The fraction of sp³-hybridized carbons (Fsp3) is 0.588. The van der Waals surface area contributed by atoms with Crippen molar-refractivity contribution in [2.75, 3.05) is 13.7 Å². The van der Waals surface area contributed by atoms with Crippen LogP contribution in [-0.4, -0.2) is 30.5 Å². The summed E-state index contributed by atoms with van der Waals surface area (Å²) < 4.78 is 5.48. The van der Waals surface area contributed by atoms with E-state index in [1.807, 2.05) is 18.2 Å². The van der Waals surface area contributed by atoms with Crippen LogP contribution in [0.15, 0.2) is 24.3 Å². The highest BCUT2D eigenvalue weighted by Gasteiger charge is 2.40. The molecule has 114 valence electrons. The van der Waals surface area contributed by atoms with Gasteiger partial charge < -0.3 is 9.64 Å². The van der Waals surface area contributed by atoms with Gasteiger partial charge in [-0.2, -0.15) is 0 Å². The van der Waals surface area contributed by atoms with Crippen molar-refractivity contribution < 1.29 is 9.53 Å². The summed E-state index contributed by atoms with van der Waals surface area (Å²) in [6.45, 7) is 2.70. The second-order valence-electron chi connectivity index (χ2n) is 6.16. The zero-order valence-electron chi connectivity index (χ0n) is 12.8. The molecule has 1 aliphatic carbocycles. The molecule has 2 fully saturated rings. The standard InChI is InChI=1S/C17H24N2O2/c1-12-7-3-5-9-14(12)19-16(20)11-18-17(19)13-8-4-6-10-15(13)21-2/h4,6,8,10,12,14,17-18H,3,5,7,9,11H2,1-2H3. The number of hydrogen-bond acceptors (Lipinski definition) is 3. The molecule has 0 radical (unpaired) electrons. The number of benzene rings is 1. The summed E-state index contributed by atoms with van der Waals surface area (Å²) in [6, 6.07) is 8.33. The van der Waals surface area contributed by atoms with E-state index in [-0.39, 0.29) is 12.1 Å². The predicted octanol–water partition coefficient (Wildman–Crippen LogP) is 2.70. The maximum atomic E-state index is 12.4. The van der Waals surface area contributed by atoms with Crippen molar-refractivity contribution in [3.8, 4) is 5.75 Å². The van der Waals surface area contributed by atoms with Crippen molar-refractivity contribution >= 4 is 5.91 Å². The number of nitrogens with zero attached hydrogens (tertiary/aromatic N) is 1. The molecule has 1 amide bonds. The van der Waals surface area contributed by atoms with E-state index in [1.165, 1.54) is 19.3 Å². The molecule has 1 aromatic carbocycles. The first kappa shape index (κ1) is 14.4. The van der Waals surface area contributed by atoms with Crippen molar-refractivity contribution in [1.82, 2.24) is 10.2 Å². The van der Waals surface area contributed by atoms with Gasteiger partial charge in [-0.1, -0.05) is 38.0 Å². The van der Waals surface area contributed by atoms with Gasteiger partial charge in [-0.15, -0.1) is 0 Å². The lowest BCUT2D eigenvalue weighted by Crippen LogP contribution is -2.44. The number of nitrogens with one attached hydrogen (secondary N) is 1. The second-order valence-corrected chi connectivity index (χ2v) is 6.16. The SMILES string of the molecule is COc1ccccc1C1NCC(=O)N1C1CCCCC1C. The van der Waals surface area contributed by atoms with Gasteiger partial charge in [0.1, 0.15) is 11.9 Å². The maximum absolute atomic E-state index is 12.4. The van der Waals surface area contributed by atoms with Gasteiger partial charge in [0.2, 0.25) is 5.91 Å². The van der Waals surface area contributed by atoms with E-state index in [9.17, 15) is 4.79 Å². The second kappa shape index (κ2) is 6.06. The van der Waals surface area contributed by atoms with Crippen molar-refractivity contribution in [2.24, 2.45) is 5.92 Å². The Morgan fingerprint density at radius 1 is 1.24 bits per heavy atom. The van der Waals surface area contributed by atoms with Crippen LogP contribution in [0.2, 0.25) is 0 Å². The van der Waals surface area contributed by atoms with E-state index in [0.29, 0.717) is 18.5 Å². The van der Waals surface area contributed by atoms with Crippen molar-refractivity contribution in [3.63, 3.8) is 0 Å². The molecule has 1 saturated heterocycles. The Bertz CT molecular complexity index is 517. The molecule has 1 aliphatic heterocycles. The summed E-state index contributed by atoms with van der Waals surface area (Å²) in [5.41, 5.74) is 1.06. The van der Waals surface area contributed by atoms with Gasteiger partial charge in [0.05, 0.1) is 13.7 Å². The van der Waals surface area contributed by atoms with Crippen LogP contribution < -0.4 is 10.1 Å². The lowest BCUT2D eigenvalue weighted by atomic mass is 9.84. The lowest BCUT2D eigenvalue weighted by Gasteiger charge is -2.39. The predicted molar refractivity (Wildman–Crippen MR) is 82.0 cm³/mol. The largest absolute Gasteiger partial charge is 0.496 e. The Balaban J connectivity index is 1.92. The van der Waals surface area contributed by atoms with E-state index in [0.717, 1.165) is 17.7 Å². The zero-order valence-corrected chi connectivity index (χ0v) is 12.8. The average Bonchev–Trinajstić information content (AvgIpc) is 2.89. The van der Waals surface area contributed by atoms with Crippen molar-refractivity contribution in [3.05, 3.63) is 29.8 Å². The molecule has 2 aliphatic rings. The number of carbonyl (C=O) groups excluding carboxylic acids is 1. The van der Waals surface area contributed by atoms with Crippen LogP contribution in [0.4, 0.5) is 0 Å². The summed E-state index contributed by atoms with van der Waals surface area (Å²) in [6.07, 6.45) is 4.77. The topological polar surface area (TPSA) is 41.6 Å². The van der Waals surface area contributed by atoms with Gasteiger partial charge in [0.15, 0.2) is 0 Å². The third-order valence-corrected chi connectivity index (χ3v) is 4.87. The third-order valence-electron chi connectivity index (χ3n) is 4.87. The normalized spacial score (nSPS) is 29.7. The highest BCUT2D eigenvalue weighted by Crippen LogP contribution is 2.37. The molecule has 0 bridgehead atoms. The quantitative estimate of drug-likeness (QED) is 0.930. The Morgan fingerprint density at radius 2 is 2.00 bits per heavy atom. The number of hydrogen-bond donors (Lipinski definition) is 1.